The van der Waals surface area contributed by atoms with Crippen molar-refractivity contribution in [3.05, 3.63) is 24.2 Å². The summed E-state index contributed by atoms with van der Waals surface area (Å²) in [5, 5.41) is 13.5. The molecular weight excluding hydrogens is 278 g/mol. The number of unbranched alkanes of at least 4 members (excludes halogenated alkanes) is 3. The Balaban J connectivity index is 1.54. The largest absolute Gasteiger partial charge is 0.467 e. The number of nitrogens with one attached hydrogen (secondary N) is 1. The van der Waals surface area contributed by atoms with Crippen molar-refractivity contribution in [3.63, 3.8) is 0 Å². The molecule has 2 heterocycles. The van der Waals surface area contributed by atoms with Crippen LogP contribution in [0.4, 0.5) is 0 Å². The maximum Gasteiger partial charge on any atom is 0.132 e. The molecule has 0 saturated carbocycles. The van der Waals surface area contributed by atoms with E-state index < -0.39 is 6.10 Å². The molecule has 1 saturated heterocycles. The van der Waals surface area contributed by atoms with Crippen LogP contribution in [0, 0.1) is 0 Å². The Bertz CT molecular complexity index is 416. The number of hydrogen-bond acceptors (Lipinski definition) is 4. The van der Waals surface area contributed by atoms with Crippen LogP contribution < -0.4 is 5.32 Å². The Morgan fingerprint density at radius 3 is 2.77 bits per heavy atom. The predicted molar refractivity (Wildman–Crippen MR) is 87.5 cm³/mol. The molecule has 4 nitrogen and oxygen atoms in total. The Labute approximate surface area is 134 Å². The molecule has 2 rings (SSSR count). The van der Waals surface area contributed by atoms with Gasteiger partial charge >= 0.3 is 0 Å². The summed E-state index contributed by atoms with van der Waals surface area (Å²) >= 11 is 0. The molecule has 4 heteroatoms. The summed E-state index contributed by atoms with van der Waals surface area (Å²) in [6, 6.07) is 3.65. The highest BCUT2D eigenvalue weighted by Crippen LogP contribution is 2.24. The quantitative estimate of drug-likeness (QED) is 0.708. The first-order chi connectivity index (χ1) is 10.5. The van der Waals surface area contributed by atoms with Crippen LogP contribution in [-0.4, -0.2) is 23.0 Å². The summed E-state index contributed by atoms with van der Waals surface area (Å²) in [5.41, 5.74) is 0.176. The second-order valence-electron chi connectivity index (χ2n) is 7.19. The van der Waals surface area contributed by atoms with Gasteiger partial charge in [0.15, 0.2) is 0 Å². The van der Waals surface area contributed by atoms with Crippen molar-refractivity contribution < 1.29 is 14.3 Å². The van der Waals surface area contributed by atoms with Gasteiger partial charge in [-0.15, -0.1) is 0 Å². The van der Waals surface area contributed by atoms with Crippen LogP contribution in [0.15, 0.2) is 22.8 Å². The summed E-state index contributed by atoms with van der Waals surface area (Å²) in [6.07, 6.45) is 9.10. The Morgan fingerprint density at radius 1 is 1.32 bits per heavy atom. The SMILES string of the molecule is CC1CC(C)(C)NC(CCCCCCC(O)c2ccco2)O1. The maximum atomic E-state index is 9.93. The fourth-order valence-corrected chi connectivity index (χ4v) is 3.36. The average Bonchev–Trinajstić information content (AvgIpc) is 2.94. The third-order valence-electron chi connectivity index (χ3n) is 4.31. The van der Waals surface area contributed by atoms with Crippen LogP contribution in [-0.2, 0) is 4.74 Å². The average molecular weight is 309 g/mol. The normalized spacial score (nSPS) is 26.0. The van der Waals surface area contributed by atoms with Gasteiger partial charge in [0.1, 0.15) is 18.1 Å². The zero-order chi connectivity index (χ0) is 16.0. The van der Waals surface area contributed by atoms with Gasteiger partial charge in [-0.25, -0.2) is 0 Å². The molecule has 0 bridgehead atoms. The fourth-order valence-electron chi connectivity index (χ4n) is 3.36. The summed E-state index contributed by atoms with van der Waals surface area (Å²) in [7, 11) is 0. The summed E-state index contributed by atoms with van der Waals surface area (Å²) in [4.78, 5) is 0. The van der Waals surface area contributed by atoms with Crippen molar-refractivity contribution in [3.8, 4) is 0 Å². The van der Waals surface area contributed by atoms with Gasteiger partial charge in [0.25, 0.3) is 0 Å². The minimum atomic E-state index is -0.458. The second-order valence-corrected chi connectivity index (χ2v) is 7.19. The highest BCUT2D eigenvalue weighted by Gasteiger charge is 2.31. The lowest BCUT2D eigenvalue weighted by Crippen LogP contribution is -2.54. The zero-order valence-corrected chi connectivity index (χ0v) is 14.2. The first-order valence-electron chi connectivity index (χ1n) is 8.61. The predicted octanol–water partition coefficient (Wildman–Crippen LogP) is 4.16. The monoisotopic (exact) mass is 309 g/mol. The van der Waals surface area contributed by atoms with Crippen molar-refractivity contribution in [2.24, 2.45) is 0 Å². The summed E-state index contributed by atoms with van der Waals surface area (Å²) in [5.74, 6) is 0.677. The van der Waals surface area contributed by atoms with Gasteiger partial charge in [-0.2, -0.15) is 0 Å². The first-order valence-corrected chi connectivity index (χ1v) is 8.61. The van der Waals surface area contributed by atoms with E-state index in [1.54, 1.807) is 6.26 Å². The molecule has 1 fully saturated rings. The van der Waals surface area contributed by atoms with E-state index >= 15 is 0 Å². The van der Waals surface area contributed by atoms with Gasteiger partial charge < -0.3 is 14.3 Å². The molecule has 1 aromatic heterocycles. The summed E-state index contributed by atoms with van der Waals surface area (Å²) < 4.78 is 11.2. The maximum absolute atomic E-state index is 9.93. The van der Waals surface area contributed by atoms with Crippen LogP contribution in [0.25, 0.3) is 0 Å². The highest BCUT2D eigenvalue weighted by atomic mass is 16.5. The van der Waals surface area contributed by atoms with E-state index in [1.807, 2.05) is 12.1 Å². The van der Waals surface area contributed by atoms with Crippen LogP contribution in [0.1, 0.15) is 77.6 Å². The van der Waals surface area contributed by atoms with E-state index in [-0.39, 0.29) is 11.8 Å². The molecule has 22 heavy (non-hydrogen) atoms. The zero-order valence-electron chi connectivity index (χ0n) is 14.2. The molecule has 1 aromatic rings. The minimum Gasteiger partial charge on any atom is -0.467 e. The lowest BCUT2D eigenvalue weighted by atomic mass is 9.94. The van der Waals surface area contributed by atoms with Gasteiger partial charge in [-0.1, -0.05) is 19.3 Å². The molecule has 0 aliphatic carbocycles. The molecule has 0 radical (unpaired) electrons. The van der Waals surface area contributed by atoms with E-state index in [1.165, 1.54) is 6.42 Å². The highest BCUT2D eigenvalue weighted by molar-refractivity contribution is 5.01. The molecule has 0 spiro atoms. The Hall–Kier alpha value is -0.840. The van der Waals surface area contributed by atoms with Crippen molar-refractivity contribution in [2.45, 2.75) is 89.7 Å². The van der Waals surface area contributed by atoms with Gasteiger partial charge in [0.05, 0.1) is 12.4 Å². The van der Waals surface area contributed by atoms with Crippen LogP contribution in [0.2, 0.25) is 0 Å². The first kappa shape index (κ1) is 17.5. The van der Waals surface area contributed by atoms with E-state index in [2.05, 4.69) is 26.1 Å². The lowest BCUT2D eigenvalue weighted by Gasteiger charge is -2.40. The third kappa shape index (κ3) is 5.75. The minimum absolute atomic E-state index is 0.176. The lowest BCUT2D eigenvalue weighted by molar-refractivity contribution is -0.0908. The number of ether oxygens (including phenoxy) is 1. The van der Waals surface area contributed by atoms with Crippen molar-refractivity contribution in [1.82, 2.24) is 5.32 Å². The molecule has 0 aromatic carbocycles. The van der Waals surface area contributed by atoms with E-state index in [0.717, 1.165) is 38.5 Å². The van der Waals surface area contributed by atoms with Crippen LogP contribution in [0.5, 0.6) is 0 Å². The van der Waals surface area contributed by atoms with Gasteiger partial charge in [0, 0.05) is 5.54 Å². The third-order valence-corrected chi connectivity index (χ3v) is 4.31. The molecule has 3 atom stereocenters. The molecule has 1 aliphatic rings. The van der Waals surface area contributed by atoms with Crippen LogP contribution >= 0.6 is 0 Å². The smallest absolute Gasteiger partial charge is 0.132 e. The molecule has 126 valence electrons. The Morgan fingerprint density at radius 2 is 2.09 bits per heavy atom. The molecule has 1 aliphatic heterocycles. The molecule has 0 amide bonds. The van der Waals surface area contributed by atoms with Gasteiger partial charge in [0.2, 0.25) is 0 Å². The van der Waals surface area contributed by atoms with Crippen molar-refractivity contribution >= 4 is 0 Å². The van der Waals surface area contributed by atoms with E-state index in [4.69, 9.17) is 9.15 Å². The number of rotatable bonds is 8. The topological polar surface area (TPSA) is 54.6 Å². The molecule has 2 N–H and O–H groups in total. The number of furan rings is 1. The Kier molecular flexibility index (Phi) is 6.48. The standard InChI is InChI=1S/C18H31NO3/c1-14-13-18(2,3)19-17(22-14)11-7-5-4-6-9-15(20)16-10-8-12-21-16/h8,10,12,14-15,17,19-20H,4-7,9,11,13H2,1-3H3. The van der Waals surface area contributed by atoms with Gasteiger partial charge in [-0.05, 0) is 58.6 Å². The van der Waals surface area contributed by atoms with E-state index in [9.17, 15) is 5.11 Å². The van der Waals surface area contributed by atoms with Crippen molar-refractivity contribution in [1.29, 1.82) is 0 Å². The fraction of sp³-hybridized carbons (Fsp3) is 0.778. The molecule has 3 unspecified atom stereocenters. The second kappa shape index (κ2) is 8.14. The van der Waals surface area contributed by atoms with Crippen molar-refractivity contribution in [2.75, 3.05) is 0 Å². The number of aliphatic hydroxyl groups is 1. The van der Waals surface area contributed by atoms with Crippen LogP contribution in [0.3, 0.4) is 0 Å². The van der Waals surface area contributed by atoms with Gasteiger partial charge in [-0.3, -0.25) is 5.32 Å². The molecular formula is C18H31NO3. The van der Waals surface area contributed by atoms with E-state index in [0.29, 0.717) is 11.9 Å². The number of hydrogen-bond donors (Lipinski definition) is 2. The number of aliphatic hydroxyl groups excluding tert-OH is 1. The summed E-state index contributed by atoms with van der Waals surface area (Å²) in [6.45, 7) is 6.65.